The first-order valence-electron chi connectivity index (χ1n) is 8.38. The fraction of sp³-hybridized carbons (Fsp3) is 0.667. The first-order valence-corrected chi connectivity index (χ1v) is 8.38. The quantitative estimate of drug-likeness (QED) is 0.859. The maximum atomic E-state index is 14.4. The molecule has 1 fully saturated rings. The molecular weight excluding hydrogens is 263 g/mol. The second-order valence-corrected chi connectivity index (χ2v) is 6.26. The highest BCUT2D eigenvalue weighted by molar-refractivity contribution is 5.56. The normalized spacial score (nSPS) is 21.1. The van der Waals surface area contributed by atoms with Crippen molar-refractivity contribution in [3.63, 3.8) is 0 Å². The standard InChI is InChI=1S/C18H29FN2/c1-4-7-15-8-6-12-21(13-11-15)18-16(14(2)20-3)9-5-10-17(18)19/h5,9-10,14-15,20H,4,6-8,11-13H2,1-3H3. The van der Waals surface area contributed by atoms with Crippen molar-refractivity contribution in [2.24, 2.45) is 5.92 Å². The number of anilines is 1. The van der Waals surface area contributed by atoms with Gasteiger partial charge < -0.3 is 10.2 Å². The Bertz CT molecular complexity index is 447. The van der Waals surface area contributed by atoms with Crippen LogP contribution in [-0.2, 0) is 0 Å². The van der Waals surface area contributed by atoms with Crippen LogP contribution in [0.25, 0.3) is 0 Å². The largest absolute Gasteiger partial charge is 0.369 e. The third kappa shape index (κ3) is 3.97. The Balaban J connectivity index is 2.21. The molecule has 2 atom stereocenters. The number of hydrogen-bond donors (Lipinski definition) is 1. The maximum Gasteiger partial charge on any atom is 0.146 e. The smallest absolute Gasteiger partial charge is 0.146 e. The number of rotatable bonds is 5. The minimum absolute atomic E-state index is 0.0801. The van der Waals surface area contributed by atoms with Gasteiger partial charge in [0.2, 0.25) is 0 Å². The van der Waals surface area contributed by atoms with E-state index in [9.17, 15) is 4.39 Å². The minimum atomic E-state index is -0.0801. The Kier molecular flexibility index (Phi) is 6.04. The van der Waals surface area contributed by atoms with Crippen molar-refractivity contribution in [3.05, 3.63) is 29.6 Å². The monoisotopic (exact) mass is 292 g/mol. The van der Waals surface area contributed by atoms with E-state index in [0.717, 1.165) is 30.3 Å². The lowest BCUT2D eigenvalue weighted by Crippen LogP contribution is -2.28. The molecule has 0 bridgehead atoms. The van der Waals surface area contributed by atoms with Gasteiger partial charge in [0.05, 0.1) is 5.69 Å². The number of nitrogens with zero attached hydrogens (tertiary/aromatic N) is 1. The summed E-state index contributed by atoms with van der Waals surface area (Å²) in [5, 5.41) is 3.24. The van der Waals surface area contributed by atoms with Crippen LogP contribution in [0.2, 0.25) is 0 Å². The Morgan fingerprint density at radius 3 is 2.86 bits per heavy atom. The highest BCUT2D eigenvalue weighted by atomic mass is 19.1. The molecule has 0 aromatic heterocycles. The molecule has 118 valence electrons. The van der Waals surface area contributed by atoms with Crippen molar-refractivity contribution in [1.29, 1.82) is 0 Å². The van der Waals surface area contributed by atoms with Gasteiger partial charge in [-0.1, -0.05) is 31.9 Å². The summed E-state index contributed by atoms with van der Waals surface area (Å²) < 4.78 is 14.4. The molecule has 2 nitrogen and oxygen atoms in total. The fourth-order valence-electron chi connectivity index (χ4n) is 3.46. The fourth-order valence-corrected chi connectivity index (χ4v) is 3.46. The van der Waals surface area contributed by atoms with Gasteiger partial charge >= 0.3 is 0 Å². The highest BCUT2D eigenvalue weighted by Crippen LogP contribution is 2.32. The molecule has 1 aliphatic rings. The number of halogens is 1. The van der Waals surface area contributed by atoms with Gasteiger partial charge in [0, 0.05) is 19.1 Å². The van der Waals surface area contributed by atoms with Gasteiger partial charge in [0.15, 0.2) is 0 Å². The first-order chi connectivity index (χ1) is 10.2. The molecule has 1 saturated heterocycles. The zero-order valence-electron chi connectivity index (χ0n) is 13.7. The lowest BCUT2D eigenvalue weighted by atomic mass is 9.96. The lowest BCUT2D eigenvalue weighted by Gasteiger charge is -2.28. The molecule has 2 unspecified atom stereocenters. The van der Waals surface area contributed by atoms with Crippen LogP contribution in [0.3, 0.4) is 0 Å². The maximum absolute atomic E-state index is 14.4. The van der Waals surface area contributed by atoms with Crippen LogP contribution >= 0.6 is 0 Å². The zero-order valence-corrected chi connectivity index (χ0v) is 13.7. The molecule has 0 aliphatic carbocycles. The van der Waals surface area contributed by atoms with Crippen LogP contribution in [0.4, 0.5) is 10.1 Å². The second kappa shape index (κ2) is 7.79. The molecule has 1 aromatic rings. The number of nitrogens with one attached hydrogen (secondary N) is 1. The van der Waals surface area contributed by atoms with Crippen molar-refractivity contribution >= 4 is 5.69 Å². The number of benzene rings is 1. The third-order valence-corrected chi connectivity index (χ3v) is 4.78. The lowest BCUT2D eigenvalue weighted by molar-refractivity contribution is 0.435. The molecule has 1 aliphatic heterocycles. The van der Waals surface area contributed by atoms with Crippen molar-refractivity contribution < 1.29 is 4.39 Å². The van der Waals surface area contributed by atoms with E-state index in [-0.39, 0.29) is 11.9 Å². The van der Waals surface area contributed by atoms with E-state index in [2.05, 4.69) is 24.1 Å². The summed E-state index contributed by atoms with van der Waals surface area (Å²) in [7, 11) is 1.93. The van der Waals surface area contributed by atoms with E-state index in [1.54, 1.807) is 6.07 Å². The molecule has 3 heteroatoms. The predicted molar refractivity (Wildman–Crippen MR) is 88.3 cm³/mol. The third-order valence-electron chi connectivity index (χ3n) is 4.78. The Labute approximate surface area is 128 Å². The molecule has 0 saturated carbocycles. The molecule has 1 N–H and O–H groups in total. The van der Waals surface area contributed by atoms with Crippen LogP contribution in [0, 0.1) is 11.7 Å². The van der Waals surface area contributed by atoms with Crippen molar-refractivity contribution in [3.8, 4) is 0 Å². The van der Waals surface area contributed by atoms with E-state index in [0.29, 0.717) is 0 Å². The summed E-state index contributed by atoms with van der Waals surface area (Å²) >= 11 is 0. The van der Waals surface area contributed by atoms with E-state index in [4.69, 9.17) is 0 Å². The number of para-hydroxylation sites is 1. The zero-order chi connectivity index (χ0) is 15.2. The molecule has 0 amide bonds. The summed E-state index contributed by atoms with van der Waals surface area (Å²) in [6, 6.07) is 5.63. The van der Waals surface area contributed by atoms with Gasteiger partial charge in [-0.25, -0.2) is 4.39 Å². The van der Waals surface area contributed by atoms with E-state index < -0.39 is 0 Å². The molecule has 2 rings (SSSR count). The summed E-state index contributed by atoms with van der Waals surface area (Å²) in [5.41, 5.74) is 1.89. The molecule has 0 spiro atoms. The van der Waals surface area contributed by atoms with Crippen LogP contribution in [0.1, 0.15) is 57.6 Å². The van der Waals surface area contributed by atoms with Gasteiger partial charge in [-0.05, 0) is 50.8 Å². The van der Waals surface area contributed by atoms with E-state index in [1.165, 1.54) is 32.1 Å². The van der Waals surface area contributed by atoms with Crippen LogP contribution in [0.5, 0.6) is 0 Å². The van der Waals surface area contributed by atoms with Gasteiger partial charge in [0.1, 0.15) is 5.82 Å². The Morgan fingerprint density at radius 1 is 1.33 bits per heavy atom. The van der Waals surface area contributed by atoms with Gasteiger partial charge in [-0.3, -0.25) is 0 Å². The topological polar surface area (TPSA) is 15.3 Å². The average Bonchev–Trinajstić information content (AvgIpc) is 2.72. The summed E-state index contributed by atoms with van der Waals surface area (Å²) in [5.74, 6) is 0.737. The molecule has 0 radical (unpaired) electrons. The Morgan fingerprint density at radius 2 is 2.14 bits per heavy atom. The first kappa shape index (κ1) is 16.3. The van der Waals surface area contributed by atoms with Crippen LogP contribution in [0.15, 0.2) is 18.2 Å². The second-order valence-electron chi connectivity index (χ2n) is 6.26. The van der Waals surface area contributed by atoms with E-state index >= 15 is 0 Å². The van der Waals surface area contributed by atoms with Crippen molar-refractivity contribution in [2.75, 3.05) is 25.0 Å². The van der Waals surface area contributed by atoms with Gasteiger partial charge in [-0.2, -0.15) is 0 Å². The molecule has 21 heavy (non-hydrogen) atoms. The minimum Gasteiger partial charge on any atom is -0.369 e. The SMILES string of the molecule is CCCC1CCCN(c2c(F)cccc2C(C)NC)CC1. The van der Waals surface area contributed by atoms with Crippen molar-refractivity contribution in [2.45, 2.75) is 52.0 Å². The van der Waals surface area contributed by atoms with Gasteiger partial charge in [0.25, 0.3) is 0 Å². The molecular formula is C18H29FN2. The Hall–Kier alpha value is -1.09. The molecule has 1 aromatic carbocycles. The van der Waals surface area contributed by atoms with Crippen molar-refractivity contribution in [1.82, 2.24) is 5.32 Å². The highest BCUT2D eigenvalue weighted by Gasteiger charge is 2.22. The summed E-state index contributed by atoms with van der Waals surface area (Å²) in [6.07, 6.45) is 6.22. The molecule has 1 heterocycles. The summed E-state index contributed by atoms with van der Waals surface area (Å²) in [6.45, 7) is 6.31. The number of hydrogen-bond acceptors (Lipinski definition) is 2. The van der Waals surface area contributed by atoms with Crippen LogP contribution < -0.4 is 10.2 Å². The van der Waals surface area contributed by atoms with Crippen LogP contribution in [-0.4, -0.2) is 20.1 Å². The van der Waals surface area contributed by atoms with Gasteiger partial charge in [-0.15, -0.1) is 0 Å². The summed E-state index contributed by atoms with van der Waals surface area (Å²) in [4.78, 5) is 2.27. The van der Waals surface area contributed by atoms with E-state index in [1.807, 2.05) is 19.2 Å². The average molecular weight is 292 g/mol. The predicted octanol–water partition coefficient (Wildman–Crippen LogP) is 4.51.